The van der Waals surface area contributed by atoms with E-state index in [9.17, 15) is 18.0 Å². The largest absolute Gasteiger partial charge is 0.354 e. The lowest BCUT2D eigenvalue weighted by atomic mass is 9.75. The Kier molecular flexibility index (Phi) is 3.95. The maximum Gasteiger partial charge on any atom is 0.270 e. The Morgan fingerprint density at radius 3 is 2.40 bits per heavy atom. The topological polar surface area (TPSA) is 87.3 Å². The van der Waals surface area contributed by atoms with Gasteiger partial charge in [0.05, 0.1) is 10.5 Å². The molecule has 3 rings (SSSR count). The van der Waals surface area contributed by atoms with Crippen LogP contribution in [0.15, 0.2) is 0 Å². The number of sulfone groups is 1. The van der Waals surface area contributed by atoms with Crippen LogP contribution in [0.4, 0.5) is 0 Å². The van der Waals surface area contributed by atoms with Gasteiger partial charge in [-0.25, -0.2) is 8.42 Å². The fourth-order valence-corrected chi connectivity index (χ4v) is 5.29. The Morgan fingerprint density at radius 1 is 1.16 bits per heavy atom. The molecule has 0 unspecified atom stereocenters. The molecule has 0 bridgehead atoms. The molecule has 2 heterocycles. The summed E-state index contributed by atoms with van der Waals surface area (Å²) in [5.41, 5.74) is 2.46. The lowest BCUT2D eigenvalue weighted by molar-refractivity contribution is 0.0737. The normalized spacial score (nSPS) is 24.0. The van der Waals surface area contributed by atoms with Gasteiger partial charge >= 0.3 is 0 Å². The van der Waals surface area contributed by atoms with Crippen molar-refractivity contribution in [3.8, 4) is 0 Å². The maximum absolute atomic E-state index is 13.0. The van der Waals surface area contributed by atoms with E-state index in [0.29, 0.717) is 23.2 Å². The Balaban J connectivity index is 1.94. The molecule has 1 aliphatic carbocycles. The van der Waals surface area contributed by atoms with Crippen LogP contribution >= 0.6 is 0 Å². The second kappa shape index (κ2) is 5.43. The van der Waals surface area contributed by atoms with E-state index in [4.69, 9.17) is 0 Å². The molecule has 1 aromatic rings. The predicted molar refractivity (Wildman–Crippen MR) is 95.7 cm³/mol. The highest BCUT2D eigenvalue weighted by Crippen LogP contribution is 2.37. The summed E-state index contributed by atoms with van der Waals surface area (Å²) in [7, 11) is -3.20. The number of Topliss-reactive ketones (excluding diaryl/α,β-unsaturated/α-hetero) is 1. The van der Waals surface area contributed by atoms with Crippen LogP contribution in [0.25, 0.3) is 0 Å². The minimum atomic E-state index is -3.20. The van der Waals surface area contributed by atoms with E-state index >= 15 is 0 Å². The highest BCUT2D eigenvalue weighted by molar-refractivity contribution is 7.92. The monoisotopic (exact) mass is 366 g/mol. The zero-order chi connectivity index (χ0) is 18.8. The van der Waals surface area contributed by atoms with Crippen LogP contribution in [-0.4, -0.2) is 53.6 Å². The molecule has 1 amide bonds. The molecule has 0 spiro atoms. The first-order valence-electron chi connectivity index (χ1n) is 8.61. The van der Waals surface area contributed by atoms with E-state index in [-0.39, 0.29) is 35.9 Å². The van der Waals surface area contributed by atoms with Crippen LogP contribution in [0.1, 0.15) is 66.2 Å². The number of nitrogens with zero attached hydrogens (tertiary/aromatic N) is 1. The predicted octanol–water partition coefficient (Wildman–Crippen LogP) is 2.13. The van der Waals surface area contributed by atoms with Crippen LogP contribution in [-0.2, 0) is 16.3 Å². The van der Waals surface area contributed by atoms with E-state index in [1.54, 1.807) is 25.7 Å². The van der Waals surface area contributed by atoms with Crippen molar-refractivity contribution < 1.29 is 18.0 Å². The molecule has 1 fully saturated rings. The molecule has 0 atom stereocenters. The third-order valence-corrected chi connectivity index (χ3v) is 7.98. The quantitative estimate of drug-likeness (QED) is 0.825. The first-order valence-corrected chi connectivity index (χ1v) is 10.3. The Labute approximate surface area is 148 Å². The summed E-state index contributed by atoms with van der Waals surface area (Å²) < 4.78 is 23.4. The van der Waals surface area contributed by atoms with Crippen molar-refractivity contribution in [1.29, 1.82) is 0 Å². The number of fused-ring (bicyclic) bond motifs is 1. The molecule has 0 saturated carbocycles. The van der Waals surface area contributed by atoms with Gasteiger partial charge in [0, 0.05) is 30.8 Å². The van der Waals surface area contributed by atoms with Gasteiger partial charge in [-0.15, -0.1) is 0 Å². The Morgan fingerprint density at radius 2 is 1.80 bits per heavy atom. The van der Waals surface area contributed by atoms with Crippen molar-refractivity contribution >= 4 is 21.5 Å². The van der Waals surface area contributed by atoms with Crippen LogP contribution < -0.4 is 0 Å². The van der Waals surface area contributed by atoms with E-state index < -0.39 is 14.6 Å². The summed E-state index contributed by atoms with van der Waals surface area (Å²) in [5, 5.41) is 0. The number of H-pyrrole nitrogens is 1. The van der Waals surface area contributed by atoms with Gasteiger partial charge in [-0.2, -0.15) is 0 Å². The molecule has 7 heteroatoms. The fourth-order valence-electron chi connectivity index (χ4n) is 3.92. The molecular weight excluding hydrogens is 340 g/mol. The van der Waals surface area contributed by atoms with Crippen molar-refractivity contribution in [2.75, 3.05) is 18.8 Å². The molecule has 25 heavy (non-hydrogen) atoms. The van der Waals surface area contributed by atoms with Gasteiger partial charge in [0.1, 0.15) is 5.69 Å². The average molecular weight is 366 g/mol. The van der Waals surface area contributed by atoms with Gasteiger partial charge in [-0.05, 0) is 38.2 Å². The SMILES string of the molecule is Cc1c(C(=O)N2CCS(=O)(=O)C(C)(C)C2)[nH]c2c1C(=O)CC(C)(C)C2. The number of aromatic amines is 1. The van der Waals surface area contributed by atoms with Crippen molar-refractivity contribution in [3.05, 3.63) is 22.5 Å². The van der Waals surface area contributed by atoms with E-state index in [0.717, 1.165) is 12.1 Å². The summed E-state index contributed by atoms with van der Waals surface area (Å²) >= 11 is 0. The first-order chi connectivity index (χ1) is 11.3. The Hall–Kier alpha value is -1.63. The van der Waals surface area contributed by atoms with Crippen molar-refractivity contribution in [2.24, 2.45) is 5.41 Å². The lowest BCUT2D eigenvalue weighted by Crippen LogP contribution is -2.54. The minimum absolute atomic E-state index is 0.0306. The molecule has 1 N–H and O–H groups in total. The standard InChI is InChI=1S/C18H26N2O4S/c1-11-14-12(8-17(2,3)9-13(14)21)19-15(11)16(22)20-6-7-25(23,24)18(4,5)10-20/h19H,6-10H2,1-5H3. The molecule has 138 valence electrons. The molecule has 1 aliphatic heterocycles. The smallest absolute Gasteiger partial charge is 0.270 e. The summed E-state index contributed by atoms with van der Waals surface area (Å²) in [5.74, 6) is -0.182. The van der Waals surface area contributed by atoms with Gasteiger partial charge in [-0.3, -0.25) is 9.59 Å². The molecule has 0 aromatic carbocycles. The molecule has 2 aliphatic rings. The molecule has 6 nitrogen and oxygen atoms in total. The van der Waals surface area contributed by atoms with Crippen LogP contribution in [0.5, 0.6) is 0 Å². The van der Waals surface area contributed by atoms with Crippen molar-refractivity contribution in [1.82, 2.24) is 9.88 Å². The Bertz CT molecular complexity index is 862. The van der Waals surface area contributed by atoms with Gasteiger partial charge < -0.3 is 9.88 Å². The number of rotatable bonds is 1. The van der Waals surface area contributed by atoms with Crippen LogP contribution in [0.2, 0.25) is 0 Å². The highest BCUT2D eigenvalue weighted by atomic mass is 32.2. The maximum atomic E-state index is 13.0. The van der Waals surface area contributed by atoms with Gasteiger partial charge in [0.2, 0.25) is 0 Å². The van der Waals surface area contributed by atoms with Crippen molar-refractivity contribution in [3.63, 3.8) is 0 Å². The summed E-state index contributed by atoms with van der Waals surface area (Å²) in [4.78, 5) is 30.2. The number of hydrogen-bond donors (Lipinski definition) is 1. The number of ketones is 1. The molecule has 1 aromatic heterocycles. The number of carbonyl (C=O) groups excluding carboxylic acids is 2. The molecule has 1 saturated heterocycles. The van der Waals surface area contributed by atoms with Gasteiger partial charge in [-0.1, -0.05) is 13.8 Å². The van der Waals surface area contributed by atoms with Crippen molar-refractivity contribution in [2.45, 2.75) is 52.2 Å². The zero-order valence-electron chi connectivity index (χ0n) is 15.5. The first kappa shape index (κ1) is 18.2. The van der Waals surface area contributed by atoms with E-state index in [1.165, 1.54) is 0 Å². The van der Waals surface area contributed by atoms with Crippen LogP contribution in [0, 0.1) is 12.3 Å². The number of aromatic nitrogens is 1. The number of nitrogens with one attached hydrogen (secondary N) is 1. The fraction of sp³-hybridized carbons (Fsp3) is 0.667. The molecule has 0 radical (unpaired) electrons. The summed E-state index contributed by atoms with van der Waals surface area (Å²) in [6.07, 6.45) is 1.20. The minimum Gasteiger partial charge on any atom is -0.354 e. The van der Waals surface area contributed by atoms with Gasteiger partial charge in [0.25, 0.3) is 5.91 Å². The number of hydrogen-bond acceptors (Lipinski definition) is 4. The number of carbonyl (C=O) groups is 2. The third-order valence-electron chi connectivity index (χ3n) is 5.45. The lowest BCUT2D eigenvalue weighted by Gasteiger charge is -2.37. The highest BCUT2D eigenvalue weighted by Gasteiger charge is 2.43. The summed E-state index contributed by atoms with van der Waals surface area (Å²) in [6.45, 7) is 9.54. The van der Waals surface area contributed by atoms with Crippen LogP contribution in [0.3, 0.4) is 0 Å². The molecular formula is C18H26N2O4S. The average Bonchev–Trinajstić information content (AvgIpc) is 2.76. The number of amides is 1. The third kappa shape index (κ3) is 2.92. The van der Waals surface area contributed by atoms with E-state index in [2.05, 4.69) is 4.98 Å². The van der Waals surface area contributed by atoms with Gasteiger partial charge in [0.15, 0.2) is 15.6 Å². The zero-order valence-corrected chi connectivity index (χ0v) is 16.3. The summed E-state index contributed by atoms with van der Waals surface area (Å²) in [6, 6.07) is 0. The second-order valence-corrected chi connectivity index (χ2v) is 11.5. The van der Waals surface area contributed by atoms with E-state index in [1.807, 2.05) is 13.8 Å². The second-order valence-electron chi connectivity index (χ2n) is 8.72.